The van der Waals surface area contributed by atoms with Gasteiger partial charge in [-0.1, -0.05) is 0 Å². The molecule has 0 aliphatic rings. The molecule has 0 unspecified atom stereocenters. The molecule has 11 aromatic rings. The average molecular weight is 857 g/mol. The van der Waals surface area contributed by atoms with Crippen LogP contribution in [-0.4, -0.2) is 9.13 Å². The molecular weight excluding hydrogens is 820 g/mol. The molecule has 3 nitrogen and oxygen atoms in total. The molecule has 0 N–H and O–H groups in total. The van der Waals surface area contributed by atoms with Crippen molar-refractivity contribution in [1.29, 1.82) is 0 Å². The Balaban J connectivity index is 0.951. The quantitative estimate of drug-likeness (QED) is 0.147. The van der Waals surface area contributed by atoms with Gasteiger partial charge in [0.2, 0.25) is 0 Å². The van der Waals surface area contributed by atoms with Crippen molar-refractivity contribution < 1.29 is 3.07 Å². The Morgan fingerprint density at radius 2 is 0.603 bits per heavy atom. The standard InChI is InChI=1S/C54H37IN2O/c58-55(42-16-2-1-3-17-42,43-32-28-38(29-33-43)40-14-12-18-45(36-40)56-51-24-8-4-20-47(51)48-21-5-9-25-52(48)56)44-34-30-39(31-35-44)41-15-13-19-46(37-41)57-53-26-10-6-22-49(53)50-23-7-11-27-54(50)57/h1-37H. The van der Waals surface area contributed by atoms with E-state index in [4.69, 9.17) is 0 Å². The molecule has 2 heterocycles. The molecule has 0 saturated carbocycles. The van der Waals surface area contributed by atoms with E-state index in [2.05, 4.69) is 203 Å². The van der Waals surface area contributed by atoms with Gasteiger partial charge in [0.15, 0.2) is 0 Å². The van der Waals surface area contributed by atoms with Crippen molar-refractivity contribution in [2.45, 2.75) is 0 Å². The first kappa shape index (κ1) is 34.4. The van der Waals surface area contributed by atoms with Gasteiger partial charge in [-0.3, -0.25) is 0 Å². The summed E-state index contributed by atoms with van der Waals surface area (Å²) in [6.45, 7) is 0. The van der Waals surface area contributed by atoms with Crippen LogP contribution in [0, 0.1) is 10.7 Å². The molecule has 0 radical (unpaired) electrons. The predicted octanol–water partition coefficient (Wildman–Crippen LogP) is 14.5. The van der Waals surface area contributed by atoms with Crippen LogP contribution in [-0.2, 0) is 3.07 Å². The first-order chi connectivity index (χ1) is 28.6. The molecule has 4 heteroatoms. The molecule has 0 bridgehead atoms. The molecule has 0 spiro atoms. The Morgan fingerprint density at radius 3 is 0.983 bits per heavy atom. The van der Waals surface area contributed by atoms with Crippen LogP contribution in [0.1, 0.15) is 0 Å². The molecule has 0 fully saturated rings. The first-order valence-corrected chi connectivity index (χ1v) is 23.7. The SMILES string of the molecule is O=I(c1ccccc1)(c1ccc(-c2cccc(-n3c4ccccc4c4ccccc43)c2)cc1)c1ccc(-c2cccc(-n3c4ccccc4c4ccccc43)c2)cc1. The topological polar surface area (TPSA) is 26.9 Å². The zero-order valence-corrected chi connectivity index (χ0v) is 33.7. The van der Waals surface area contributed by atoms with Gasteiger partial charge >= 0.3 is 343 Å². The van der Waals surface area contributed by atoms with Crippen LogP contribution in [0.4, 0.5) is 0 Å². The van der Waals surface area contributed by atoms with Crippen molar-refractivity contribution in [2.24, 2.45) is 0 Å². The average Bonchev–Trinajstić information content (AvgIpc) is 3.82. The van der Waals surface area contributed by atoms with Crippen molar-refractivity contribution in [1.82, 2.24) is 9.13 Å². The number of para-hydroxylation sites is 4. The molecule has 276 valence electrons. The van der Waals surface area contributed by atoms with Crippen LogP contribution >= 0.6 is 18.4 Å². The molecule has 0 aliphatic carbocycles. The summed E-state index contributed by atoms with van der Waals surface area (Å²) in [5, 5.41) is 4.97. The Bertz CT molecular complexity index is 3050. The van der Waals surface area contributed by atoms with Gasteiger partial charge < -0.3 is 0 Å². The zero-order valence-electron chi connectivity index (χ0n) is 31.5. The number of aromatic nitrogens is 2. The maximum atomic E-state index is 15.7. The molecule has 0 amide bonds. The minimum atomic E-state index is -4.21. The summed E-state index contributed by atoms with van der Waals surface area (Å²) in [4.78, 5) is 0. The van der Waals surface area contributed by atoms with Gasteiger partial charge in [-0.2, -0.15) is 0 Å². The minimum absolute atomic E-state index is 0.876. The van der Waals surface area contributed by atoms with E-state index in [1.165, 1.54) is 43.6 Å². The van der Waals surface area contributed by atoms with Crippen LogP contribution in [0.3, 0.4) is 0 Å². The molecular formula is C54H37IN2O. The monoisotopic (exact) mass is 856 g/mol. The van der Waals surface area contributed by atoms with Gasteiger partial charge in [-0.25, -0.2) is 0 Å². The van der Waals surface area contributed by atoms with E-state index in [1.807, 2.05) is 30.3 Å². The van der Waals surface area contributed by atoms with Crippen molar-refractivity contribution in [3.8, 4) is 33.6 Å². The van der Waals surface area contributed by atoms with Gasteiger partial charge in [0, 0.05) is 0 Å². The van der Waals surface area contributed by atoms with Gasteiger partial charge in [0.25, 0.3) is 0 Å². The third kappa shape index (κ3) is 5.55. The number of benzene rings is 9. The summed E-state index contributed by atoms with van der Waals surface area (Å²) < 4.78 is 23.0. The third-order valence-corrected chi connectivity index (χ3v) is 18.8. The van der Waals surface area contributed by atoms with E-state index in [1.54, 1.807) is 0 Å². The zero-order chi connectivity index (χ0) is 38.6. The summed E-state index contributed by atoms with van der Waals surface area (Å²) in [6, 6.07) is 78.7. The van der Waals surface area contributed by atoms with Crippen LogP contribution in [0.25, 0.3) is 77.2 Å². The van der Waals surface area contributed by atoms with E-state index in [-0.39, 0.29) is 0 Å². The molecule has 2 aromatic heterocycles. The van der Waals surface area contributed by atoms with Gasteiger partial charge in [0.1, 0.15) is 0 Å². The number of rotatable bonds is 7. The molecule has 0 saturated heterocycles. The number of nitrogens with zero attached hydrogens (tertiary/aromatic N) is 2. The Kier molecular flexibility index (Phi) is 8.26. The van der Waals surface area contributed by atoms with E-state index < -0.39 is 18.4 Å². The van der Waals surface area contributed by atoms with E-state index in [9.17, 15) is 0 Å². The number of hydrogen-bond donors (Lipinski definition) is 0. The fraction of sp³-hybridized carbons (Fsp3) is 0. The first-order valence-electron chi connectivity index (χ1n) is 19.6. The van der Waals surface area contributed by atoms with Crippen LogP contribution < -0.4 is 0 Å². The summed E-state index contributed by atoms with van der Waals surface area (Å²) >= 11 is -4.21. The summed E-state index contributed by atoms with van der Waals surface area (Å²) in [5.41, 5.74) is 11.4. The van der Waals surface area contributed by atoms with Crippen molar-refractivity contribution in [3.63, 3.8) is 0 Å². The second kappa shape index (κ2) is 13.9. The second-order valence-corrected chi connectivity index (χ2v) is 21.3. The third-order valence-electron chi connectivity index (χ3n) is 11.4. The fourth-order valence-corrected chi connectivity index (χ4v) is 15.0. The van der Waals surface area contributed by atoms with Gasteiger partial charge in [0.05, 0.1) is 0 Å². The second-order valence-electron chi connectivity index (χ2n) is 14.7. The van der Waals surface area contributed by atoms with Crippen molar-refractivity contribution >= 4 is 62.0 Å². The maximum absolute atomic E-state index is 15.7. The predicted molar refractivity (Wildman–Crippen MR) is 250 cm³/mol. The normalized spacial score (nSPS) is 12.1. The van der Waals surface area contributed by atoms with Gasteiger partial charge in [-0.05, 0) is 0 Å². The van der Waals surface area contributed by atoms with E-state index in [0.29, 0.717) is 0 Å². The number of halogens is 1. The Hall–Kier alpha value is -6.89. The number of fused-ring (bicyclic) bond motifs is 6. The van der Waals surface area contributed by atoms with E-state index in [0.717, 1.165) is 44.3 Å². The van der Waals surface area contributed by atoms with E-state index >= 15 is 3.07 Å². The van der Waals surface area contributed by atoms with Crippen molar-refractivity contribution in [2.75, 3.05) is 0 Å². The Labute approximate surface area is 341 Å². The molecule has 11 rings (SSSR count). The fourth-order valence-electron chi connectivity index (χ4n) is 8.66. The summed E-state index contributed by atoms with van der Waals surface area (Å²) in [7, 11) is 0. The molecule has 58 heavy (non-hydrogen) atoms. The Morgan fingerprint density at radius 1 is 0.276 bits per heavy atom. The summed E-state index contributed by atoms with van der Waals surface area (Å²) in [5.74, 6) is 0. The molecule has 9 aromatic carbocycles. The van der Waals surface area contributed by atoms with Crippen LogP contribution in [0.5, 0.6) is 0 Å². The van der Waals surface area contributed by atoms with Gasteiger partial charge in [-0.15, -0.1) is 0 Å². The van der Waals surface area contributed by atoms with Crippen molar-refractivity contribution in [3.05, 3.63) is 235 Å². The summed E-state index contributed by atoms with van der Waals surface area (Å²) in [6.07, 6.45) is 0. The van der Waals surface area contributed by atoms with Crippen LogP contribution in [0.15, 0.2) is 224 Å². The molecule has 0 atom stereocenters. The van der Waals surface area contributed by atoms with Crippen LogP contribution in [0.2, 0.25) is 0 Å². The number of hydrogen-bond acceptors (Lipinski definition) is 1. The molecule has 0 aliphatic heterocycles.